The van der Waals surface area contributed by atoms with Crippen LogP contribution in [0.3, 0.4) is 0 Å². The molecule has 23 heavy (non-hydrogen) atoms. The third kappa shape index (κ3) is 4.79. The molecule has 0 unspecified atom stereocenters. The van der Waals surface area contributed by atoms with E-state index in [0.29, 0.717) is 25.2 Å². The summed E-state index contributed by atoms with van der Waals surface area (Å²) in [6.07, 6.45) is 4.50. The first-order valence-electron chi connectivity index (χ1n) is 7.75. The molecule has 0 aliphatic heterocycles. The summed E-state index contributed by atoms with van der Waals surface area (Å²) in [4.78, 5) is 16.2. The van der Waals surface area contributed by atoms with Gasteiger partial charge in [0.15, 0.2) is 0 Å². The lowest BCUT2D eigenvalue weighted by molar-refractivity contribution is 0.0354. The predicted molar refractivity (Wildman–Crippen MR) is 88.1 cm³/mol. The van der Waals surface area contributed by atoms with Gasteiger partial charge in [0.2, 0.25) is 0 Å². The van der Waals surface area contributed by atoms with Gasteiger partial charge >= 0.3 is 6.03 Å². The number of rotatable bonds is 7. The molecule has 124 valence electrons. The molecule has 0 spiro atoms. The minimum atomic E-state index is -0.870. The van der Waals surface area contributed by atoms with E-state index in [4.69, 9.17) is 0 Å². The number of anilines is 1. The van der Waals surface area contributed by atoms with Gasteiger partial charge < -0.3 is 10.4 Å². The van der Waals surface area contributed by atoms with Gasteiger partial charge in [-0.15, -0.1) is 0 Å². The molecule has 0 aliphatic carbocycles. The molecule has 2 aromatic heterocycles. The Morgan fingerprint density at radius 3 is 2.70 bits per heavy atom. The number of urea groups is 1. The average molecular weight is 317 g/mol. The van der Waals surface area contributed by atoms with E-state index < -0.39 is 5.60 Å². The van der Waals surface area contributed by atoms with E-state index >= 15 is 0 Å². The number of carbonyl (C=O) groups is 1. The molecule has 0 aliphatic rings. The monoisotopic (exact) mass is 317 g/mol. The number of nitrogens with one attached hydrogen (secondary N) is 2. The molecular formula is C16H23N5O2. The molecule has 2 aromatic rings. The van der Waals surface area contributed by atoms with E-state index in [9.17, 15) is 9.90 Å². The normalized spacial score (nSPS) is 11.3. The number of aromatic nitrogens is 3. The highest BCUT2D eigenvalue weighted by atomic mass is 16.3. The fourth-order valence-electron chi connectivity index (χ4n) is 2.12. The molecule has 0 atom stereocenters. The SMILES string of the molecule is CCC(O)(CC)CNC(=O)Nc1ccnn1Cc1ccccn1. The Morgan fingerprint density at radius 1 is 1.26 bits per heavy atom. The summed E-state index contributed by atoms with van der Waals surface area (Å²) >= 11 is 0. The maximum atomic E-state index is 12.0. The summed E-state index contributed by atoms with van der Waals surface area (Å²) in [6.45, 7) is 4.47. The summed E-state index contributed by atoms with van der Waals surface area (Å²) in [6, 6.07) is 7.00. The van der Waals surface area contributed by atoms with Gasteiger partial charge in [-0.05, 0) is 25.0 Å². The van der Waals surface area contributed by atoms with Gasteiger partial charge in [-0.1, -0.05) is 19.9 Å². The quantitative estimate of drug-likeness (QED) is 0.728. The second kappa shape index (κ2) is 7.73. The van der Waals surface area contributed by atoms with Gasteiger partial charge in [0, 0.05) is 18.8 Å². The van der Waals surface area contributed by atoms with E-state index in [1.807, 2.05) is 32.0 Å². The van der Waals surface area contributed by atoms with E-state index in [2.05, 4.69) is 20.7 Å². The van der Waals surface area contributed by atoms with Crippen LogP contribution in [0.1, 0.15) is 32.4 Å². The summed E-state index contributed by atoms with van der Waals surface area (Å²) < 4.78 is 1.66. The smallest absolute Gasteiger partial charge is 0.320 e. The molecule has 0 saturated carbocycles. The highest BCUT2D eigenvalue weighted by molar-refractivity contribution is 5.88. The third-order valence-corrected chi connectivity index (χ3v) is 3.89. The van der Waals surface area contributed by atoms with Gasteiger partial charge in [0.25, 0.3) is 0 Å². The number of hydrogen-bond acceptors (Lipinski definition) is 4. The van der Waals surface area contributed by atoms with Crippen molar-refractivity contribution in [1.29, 1.82) is 0 Å². The second-order valence-corrected chi connectivity index (χ2v) is 5.43. The van der Waals surface area contributed by atoms with Gasteiger partial charge in [-0.2, -0.15) is 5.10 Å². The predicted octanol–water partition coefficient (Wildman–Crippen LogP) is 2.00. The van der Waals surface area contributed by atoms with Crippen LogP contribution < -0.4 is 10.6 Å². The first-order chi connectivity index (χ1) is 11.1. The lowest BCUT2D eigenvalue weighted by Gasteiger charge is -2.25. The van der Waals surface area contributed by atoms with Crippen molar-refractivity contribution >= 4 is 11.8 Å². The fourth-order valence-corrected chi connectivity index (χ4v) is 2.12. The van der Waals surface area contributed by atoms with Gasteiger partial charge in [-0.3, -0.25) is 10.3 Å². The van der Waals surface area contributed by atoms with Crippen molar-refractivity contribution in [2.24, 2.45) is 0 Å². The Labute approximate surface area is 135 Å². The standard InChI is InChI=1S/C16H23N5O2/c1-3-16(23,4-2)12-18-15(22)20-14-8-10-19-21(14)11-13-7-5-6-9-17-13/h5-10,23H,3-4,11-12H2,1-2H3,(H2,18,20,22). The summed E-state index contributed by atoms with van der Waals surface area (Å²) in [5.74, 6) is 0.574. The molecule has 0 bridgehead atoms. The van der Waals surface area contributed by atoms with Gasteiger partial charge in [0.05, 0.1) is 24.0 Å². The Kier molecular flexibility index (Phi) is 5.70. The molecule has 3 N–H and O–H groups in total. The van der Waals surface area contributed by atoms with Crippen LogP contribution in [0.25, 0.3) is 0 Å². The molecule has 0 fully saturated rings. The van der Waals surface area contributed by atoms with Crippen LogP contribution in [0.2, 0.25) is 0 Å². The van der Waals surface area contributed by atoms with Crippen LogP contribution in [0.5, 0.6) is 0 Å². The fraction of sp³-hybridized carbons (Fsp3) is 0.438. The van der Waals surface area contributed by atoms with Crippen molar-refractivity contribution in [3.8, 4) is 0 Å². The number of hydrogen-bond donors (Lipinski definition) is 3. The zero-order chi connectivity index (χ0) is 16.7. The van der Waals surface area contributed by atoms with Crippen molar-refractivity contribution in [2.45, 2.75) is 38.8 Å². The summed E-state index contributed by atoms with van der Waals surface area (Å²) in [5, 5.41) is 19.8. The minimum absolute atomic E-state index is 0.209. The largest absolute Gasteiger partial charge is 0.388 e. The summed E-state index contributed by atoms with van der Waals surface area (Å²) in [5.41, 5.74) is -0.0167. The average Bonchev–Trinajstić information content (AvgIpc) is 3.00. The van der Waals surface area contributed by atoms with Crippen LogP contribution in [-0.2, 0) is 6.54 Å². The molecule has 0 radical (unpaired) electrons. The van der Waals surface area contributed by atoms with Crippen LogP contribution in [0, 0.1) is 0 Å². The highest BCUT2D eigenvalue weighted by Crippen LogP contribution is 2.13. The van der Waals surface area contributed by atoms with Crippen LogP contribution in [-0.4, -0.2) is 38.0 Å². The van der Waals surface area contributed by atoms with Crippen molar-refractivity contribution in [1.82, 2.24) is 20.1 Å². The van der Waals surface area contributed by atoms with Crippen LogP contribution >= 0.6 is 0 Å². The molecule has 0 saturated heterocycles. The van der Waals surface area contributed by atoms with Gasteiger partial charge in [0.1, 0.15) is 5.82 Å². The second-order valence-electron chi connectivity index (χ2n) is 5.43. The van der Waals surface area contributed by atoms with Crippen LogP contribution in [0.15, 0.2) is 36.7 Å². The first-order valence-corrected chi connectivity index (χ1v) is 7.75. The minimum Gasteiger partial charge on any atom is -0.388 e. The summed E-state index contributed by atoms with van der Waals surface area (Å²) in [7, 11) is 0. The topological polar surface area (TPSA) is 92.1 Å². The van der Waals surface area contributed by atoms with Crippen LogP contribution in [0.4, 0.5) is 10.6 Å². The lowest BCUT2D eigenvalue weighted by atomic mass is 9.98. The van der Waals surface area contributed by atoms with E-state index in [1.54, 1.807) is 23.1 Å². The zero-order valence-electron chi connectivity index (χ0n) is 13.5. The molecule has 2 amide bonds. The molecule has 2 rings (SSSR count). The maximum absolute atomic E-state index is 12.0. The molecule has 2 heterocycles. The van der Waals surface area contributed by atoms with E-state index in [0.717, 1.165) is 5.69 Å². The number of nitrogens with zero attached hydrogens (tertiary/aromatic N) is 3. The maximum Gasteiger partial charge on any atom is 0.320 e. The number of carbonyl (C=O) groups excluding carboxylic acids is 1. The third-order valence-electron chi connectivity index (χ3n) is 3.89. The number of pyridine rings is 1. The van der Waals surface area contributed by atoms with E-state index in [-0.39, 0.29) is 12.6 Å². The highest BCUT2D eigenvalue weighted by Gasteiger charge is 2.22. The van der Waals surface area contributed by atoms with Crippen molar-refractivity contribution in [3.05, 3.63) is 42.4 Å². The van der Waals surface area contributed by atoms with Crippen molar-refractivity contribution < 1.29 is 9.90 Å². The van der Waals surface area contributed by atoms with Crippen molar-refractivity contribution in [3.63, 3.8) is 0 Å². The molecule has 0 aromatic carbocycles. The Morgan fingerprint density at radius 2 is 2.04 bits per heavy atom. The Hall–Kier alpha value is -2.41. The van der Waals surface area contributed by atoms with Crippen molar-refractivity contribution in [2.75, 3.05) is 11.9 Å². The molecule has 7 heteroatoms. The number of amides is 2. The Bertz CT molecular complexity index is 622. The number of aliphatic hydroxyl groups is 1. The van der Waals surface area contributed by atoms with E-state index in [1.165, 1.54) is 0 Å². The first kappa shape index (κ1) is 17.0. The van der Waals surface area contributed by atoms with Gasteiger partial charge in [-0.25, -0.2) is 9.48 Å². The Balaban J connectivity index is 1.93. The molecule has 7 nitrogen and oxygen atoms in total. The lowest BCUT2D eigenvalue weighted by Crippen LogP contribution is -2.43. The zero-order valence-corrected chi connectivity index (χ0v) is 13.5. The molecular weight excluding hydrogens is 294 g/mol.